The third-order valence-electron chi connectivity index (χ3n) is 5.98. The number of aryl methyl sites for hydroxylation is 1. The lowest BCUT2D eigenvalue weighted by Gasteiger charge is -2.42. The van der Waals surface area contributed by atoms with Crippen molar-refractivity contribution in [2.45, 2.75) is 32.2 Å². The van der Waals surface area contributed by atoms with Crippen molar-refractivity contribution in [3.8, 4) is 10.6 Å². The van der Waals surface area contributed by atoms with Crippen LogP contribution in [0.3, 0.4) is 0 Å². The Labute approximate surface area is 194 Å². The molecule has 1 aromatic carbocycles. The summed E-state index contributed by atoms with van der Waals surface area (Å²) in [6.45, 7) is 6.58. The van der Waals surface area contributed by atoms with Crippen molar-refractivity contribution in [2.24, 2.45) is 7.05 Å². The van der Waals surface area contributed by atoms with Crippen LogP contribution >= 0.6 is 11.3 Å². The molecular weight excluding hydrogens is 448 g/mol. The molecule has 0 radical (unpaired) electrons. The predicted molar refractivity (Wildman–Crippen MR) is 121 cm³/mol. The average Bonchev–Trinajstić information content (AvgIpc) is 3.42. The predicted octanol–water partition coefficient (Wildman–Crippen LogP) is 3.47. The Morgan fingerprint density at radius 1 is 1.18 bits per heavy atom. The number of thiazole rings is 1. The molecule has 1 aliphatic rings. The van der Waals surface area contributed by atoms with Crippen LogP contribution in [0, 0.1) is 11.6 Å². The standard InChI is InChI=1S/C23H25F2N5O2S/c1-14-11-29(8-9-30(14)21(31)15-10-26-28(4)12-15)22(32)23(2,3)18-13-33-20(27-18)19-16(24)6-5-7-17(19)25/h5-7,10,12-14H,8-9,11H2,1-4H3/t14-/m0/s1. The van der Waals surface area contributed by atoms with Crippen LogP contribution in [0.4, 0.5) is 8.78 Å². The fraction of sp³-hybridized carbons (Fsp3) is 0.391. The van der Waals surface area contributed by atoms with Gasteiger partial charge >= 0.3 is 0 Å². The minimum absolute atomic E-state index is 0.113. The van der Waals surface area contributed by atoms with Crippen LogP contribution in [0.15, 0.2) is 36.0 Å². The Morgan fingerprint density at radius 3 is 2.48 bits per heavy atom. The van der Waals surface area contributed by atoms with Crippen molar-refractivity contribution in [2.75, 3.05) is 19.6 Å². The van der Waals surface area contributed by atoms with Gasteiger partial charge in [-0.2, -0.15) is 5.10 Å². The molecule has 0 bridgehead atoms. The number of halogens is 2. The molecule has 1 saturated heterocycles. The summed E-state index contributed by atoms with van der Waals surface area (Å²) in [5, 5.41) is 5.92. The molecule has 3 heterocycles. The quantitative estimate of drug-likeness (QED) is 0.582. The summed E-state index contributed by atoms with van der Waals surface area (Å²) in [4.78, 5) is 34.1. The smallest absolute Gasteiger partial charge is 0.257 e. The zero-order valence-corrected chi connectivity index (χ0v) is 19.7. The Hall–Kier alpha value is -3.14. The van der Waals surface area contributed by atoms with E-state index in [0.29, 0.717) is 30.9 Å². The van der Waals surface area contributed by atoms with Gasteiger partial charge < -0.3 is 9.80 Å². The molecule has 33 heavy (non-hydrogen) atoms. The number of hydrogen-bond acceptors (Lipinski definition) is 5. The summed E-state index contributed by atoms with van der Waals surface area (Å²) >= 11 is 1.10. The summed E-state index contributed by atoms with van der Waals surface area (Å²) < 4.78 is 29.9. The molecular formula is C23H25F2N5O2S. The van der Waals surface area contributed by atoms with Crippen molar-refractivity contribution >= 4 is 23.2 Å². The third-order valence-corrected chi connectivity index (χ3v) is 6.84. The number of amides is 2. The second-order valence-corrected chi connectivity index (χ2v) is 9.62. The fourth-order valence-electron chi connectivity index (χ4n) is 4.02. The first-order valence-electron chi connectivity index (χ1n) is 10.6. The van der Waals surface area contributed by atoms with Crippen LogP contribution in [-0.4, -0.2) is 62.1 Å². The van der Waals surface area contributed by atoms with Gasteiger partial charge in [0.2, 0.25) is 5.91 Å². The maximum atomic E-state index is 14.2. The first-order chi connectivity index (χ1) is 15.6. The normalized spacial score (nSPS) is 16.8. The van der Waals surface area contributed by atoms with Crippen molar-refractivity contribution in [1.29, 1.82) is 0 Å². The van der Waals surface area contributed by atoms with Crippen LogP contribution in [0.25, 0.3) is 10.6 Å². The minimum Gasteiger partial charge on any atom is -0.338 e. The number of rotatable bonds is 4. The molecule has 174 valence electrons. The van der Waals surface area contributed by atoms with Crippen molar-refractivity contribution in [3.63, 3.8) is 0 Å². The van der Waals surface area contributed by atoms with Crippen molar-refractivity contribution in [3.05, 3.63) is 58.9 Å². The number of aromatic nitrogens is 3. The van der Waals surface area contributed by atoms with E-state index in [0.717, 1.165) is 11.3 Å². The van der Waals surface area contributed by atoms with Gasteiger partial charge in [-0.25, -0.2) is 13.8 Å². The molecule has 3 aromatic rings. The molecule has 0 N–H and O–H groups in total. The SMILES string of the molecule is C[C@H]1CN(C(=O)C(C)(C)c2csc(-c3c(F)cccc3F)n2)CCN1C(=O)c1cnn(C)c1. The molecule has 0 spiro atoms. The van der Waals surface area contributed by atoms with E-state index in [1.807, 2.05) is 6.92 Å². The minimum atomic E-state index is -0.994. The summed E-state index contributed by atoms with van der Waals surface area (Å²) in [6.07, 6.45) is 3.21. The van der Waals surface area contributed by atoms with Crippen LogP contribution < -0.4 is 0 Å². The molecule has 2 amide bonds. The molecule has 1 fully saturated rings. The first kappa shape index (κ1) is 23.0. The second kappa shape index (κ2) is 8.66. The lowest BCUT2D eigenvalue weighted by Crippen LogP contribution is -2.58. The van der Waals surface area contributed by atoms with Gasteiger partial charge in [0.05, 0.1) is 28.4 Å². The summed E-state index contributed by atoms with van der Waals surface area (Å²) in [7, 11) is 1.75. The number of hydrogen-bond donors (Lipinski definition) is 0. The highest BCUT2D eigenvalue weighted by Gasteiger charge is 2.39. The largest absolute Gasteiger partial charge is 0.338 e. The Balaban J connectivity index is 1.49. The van der Waals surface area contributed by atoms with Gasteiger partial charge in [0.1, 0.15) is 16.6 Å². The monoisotopic (exact) mass is 473 g/mol. The van der Waals surface area contributed by atoms with Gasteiger partial charge in [-0.3, -0.25) is 14.3 Å². The van der Waals surface area contributed by atoms with Gasteiger partial charge in [0, 0.05) is 44.3 Å². The van der Waals surface area contributed by atoms with E-state index in [1.54, 1.807) is 47.0 Å². The number of nitrogens with zero attached hydrogens (tertiary/aromatic N) is 5. The van der Waals surface area contributed by atoms with Crippen LogP contribution in [0.1, 0.15) is 36.8 Å². The molecule has 1 aliphatic heterocycles. The van der Waals surface area contributed by atoms with Crippen LogP contribution in [-0.2, 0) is 17.3 Å². The summed E-state index contributed by atoms with van der Waals surface area (Å²) in [5.41, 5.74) is -0.212. The Bertz CT molecular complexity index is 1180. The highest BCUT2D eigenvalue weighted by atomic mass is 32.1. The maximum absolute atomic E-state index is 14.2. The molecule has 0 aliphatic carbocycles. The van der Waals surface area contributed by atoms with Crippen LogP contribution in [0.2, 0.25) is 0 Å². The van der Waals surface area contributed by atoms with E-state index in [9.17, 15) is 18.4 Å². The van der Waals surface area contributed by atoms with Gasteiger partial charge in [-0.1, -0.05) is 6.07 Å². The highest BCUT2D eigenvalue weighted by Crippen LogP contribution is 2.34. The fourth-order valence-corrected chi connectivity index (χ4v) is 5.06. The average molecular weight is 474 g/mol. The number of piperazine rings is 1. The summed E-state index contributed by atoms with van der Waals surface area (Å²) in [6, 6.07) is 3.49. The molecule has 7 nitrogen and oxygen atoms in total. The van der Waals surface area contributed by atoms with Crippen molar-refractivity contribution < 1.29 is 18.4 Å². The van der Waals surface area contributed by atoms with E-state index in [4.69, 9.17) is 0 Å². The number of carbonyl (C=O) groups excluding carboxylic acids is 2. The Kier molecular flexibility index (Phi) is 6.04. The van der Waals surface area contributed by atoms with E-state index in [2.05, 4.69) is 10.1 Å². The van der Waals surface area contributed by atoms with E-state index >= 15 is 0 Å². The first-order valence-corrected chi connectivity index (χ1v) is 11.5. The summed E-state index contributed by atoms with van der Waals surface area (Å²) in [5.74, 6) is -1.64. The molecule has 1 atom stereocenters. The molecule has 4 rings (SSSR count). The molecule has 0 saturated carbocycles. The van der Waals surface area contributed by atoms with E-state index in [-0.39, 0.29) is 28.4 Å². The lowest BCUT2D eigenvalue weighted by molar-refractivity contribution is -0.138. The van der Waals surface area contributed by atoms with Gasteiger partial charge in [0.25, 0.3) is 5.91 Å². The van der Waals surface area contributed by atoms with Gasteiger partial charge in [-0.05, 0) is 32.9 Å². The topological polar surface area (TPSA) is 71.3 Å². The van der Waals surface area contributed by atoms with Crippen molar-refractivity contribution in [1.82, 2.24) is 24.6 Å². The Morgan fingerprint density at radius 2 is 1.88 bits per heavy atom. The lowest BCUT2D eigenvalue weighted by atomic mass is 9.87. The number of benzene rings is 1. The van der Waals surface area contributed by atoms with Gasteiger partial charge in [-0.15, -0.1) is 11.3 Å². The highest BCUT2D eigenvalue weighted by molar-refractivity contribution is 7.13. The van der Waals surface area contributed by atoms with Gasteiger partial charge in [0.15, 0.2) is 0 Å². The van der Waals surface area contributed by atoms with E-state index < -0.39 is 17.0 Å². The zero-order valence-electron chi connectivity index (χ0n) is 18.9. The maximum Gasteiger partial charge on any atom is 0.257 e. The third kappa shape index (κ3) is 4.27. The zero-order chi connectivity index (χ0) is 23.9. The van der Waals surface area contributed by atoms with Crippen LogP contribution in [0.5, 0.6) is 0 Å². The second-order valence-electron chi connectivity index (χ2n) is 8.76. The van der Waals surface area contributed by atoms with E-state index in [1.165, 1.54) is 24.4 Å². The number of carbonyl (C=O) groups is 2. The molecule has 10 heteroatoms. The molecule has 0 unspecified atom stereocenters. The molecule has 2 aromatic heterocycles.